The molecule has 3 amide bonds. The molecule has 0 spiro atoms. The second kappa shape index (κ2) is 13.9. The smallest absolute Gasteiger partial charge is 0.408 e. The van der Waals surface area contributed by atoms with Crippen molar-refractivity contribution in [3.63, 3.8) is 0 Å². The van der Waals surface area contributed by atoms with Gasteiger partial charge in [-0.15, -0.1) is 0 Å². The highest BCUT2D eigenvalue weighted by Crippen LogP contribution is 2.25. The number of ether oxygens (including phenoxy) is 1. The molecule has 0 aliphatic heterocycles. The Kier molecular flexibility index (Phi) is 10.3. The lowest BCUT2D eigenvalue weighted by Gasteiger charge is -2.30. The van der Waals surface area contributed by atoms with Gasteiger partial charge >= 0.3 is 6.09 Å². The van der Waals surface area contributed by atoms with Crippen molar-refractivity contribution in [2.45, 2.75) is 51.4 Å². The van der Waals surface area contributed by atoms with Crippen molar-refractivity contribution in [2.75, 3.05) is 0 Å². The minimum Gasteiger partial charge on any atom is -0.508 e. The van der Waals surface area contributed by atoms with Crippen LogP contribution in [0.25, 0.3) is 6.08 Å². The van der Waals surface area contributed by atoms with Crippen LogP contribution >= 0.6 is 0 Å². The second-order valence-corrected chi connectivity index (χ2v) is 10.4. The standard InChI is InChI=1S/C33H35N3O5/c1-6-23-14-11-15-26(20-23)29(30(38)34-22-25-12-9-8-10-13-25)36(7-2)31(39)28(35-32(40)41-33(3,4)5)21-24-16-18-27(37)19-17-24/h2,6,8-20,28-29,37H,1,21-22H2,3-5H3,(H,34,38)(H,35,40). The van der Waals surface area contributed by atoms with Gasteiger partial charge in [-0.2, -0.15) is 0 Å². The summed E-state index contributed by atoms with van der Waals surface area (Å²) in [7, 11) is 0. The Morgan fingerprint density at radius 1 is 1.02 bits per heavy atom. The average molecular weight is 554 g/mol. The van der Waals surface area contributed by atoms with Gasteiger partial charge in [0.2, 0.25) is 5.91 Å². The molecular weight excluding hydrogens is 518 g/mol. The Balaban J connectivity index is 1.99. The molecule has 8 heteroatoms. The van der Waals surface area contributed by atoms with Gasteiger partial charge in [-0.05, 0) is 61.2 Å². The fraction of sp³-hybridized carbons (Fsp3) is 0.242. The Bertz CT molecular complexity index is 1410. The van der Waals surface area contributed by atoms with Crippen molar-refractivity contribution >= 4 is 24.0 Å². The zero-order chi connectivity index (χ0) is 30.0. The lowest BCUT2D eigenvalue weighted by Crippen LogP contribution is -2.52. The molecule has 8 nitrogen and oxygen atoms in total. The highest BCUT2D eigenvalue weighted by molar-refractivity contribution is 5.93. The summed E-state index contributed by atoms with van der Waals surface area (Å²) < 4.78 is 5.40. The molecule has 0 aromatic heterocycles. The average Bonchev–Trinajstić information content (AvgIpc) is 2.94. The lowest BCUT2D eigenvalue weighted by atomic mass is 9.99. The van der Waals surface area contributed by atoms with E-state index in [1.807, 2.05) is 36.4 Å². The fourth-order valence-electron chi connectivity index (χ4n) is 4.11. The molecule has 0 saturated heterocycles. The first kappa shape index (κ1) is 30.5. The van der Waals surface area contributed by atoms with Crippen LogP contribution in [0.2, 0.25) is 0 Å². The van der Waals surface area contributed by atoms with Crippen LogP contribution in [-0.4, -0.2) is 39.6 Å². The number of hydrogen-bond donors (Lipinski definition) is 3. The van der Waals surface area contributed by atoms with Crippen LogP contribution in [-0.2, 0) is 27.3 Å². The van der Waals surface area contributed by atoms with Crippen molar-refractivity contribution in [3.8, 4) is 18.2 Å². The number of terminal acetylenes is 1. The number of rotatable bonds is 10. The van der Waals surface area contributed by atoms with E-state index in [2.05, 4.69) is 23.3 Å². The van der Waals surface area contributed by atoms with Crippen LogP contribution in [0.4, 0.5) is 4.79 Å². The molecule has 0 aliphatic carbocycles. The van der Waals surface area contributed by atoms with Crippen LogP contribution < -0.4 is 10.6 Å². The monoisotopic (exact) mass is 553 g/mol. The van der Waals surface area contributed by atoms with Gasteiger partial charge in [-0.1, -0.05) is 79.7 Å². The van der Waals surface area contributed by atoms with E-state index in [0.717, 1.165) is 16.0 Å². The quantitative estimate of drug-likeness (QED) is 0.243. The molecule has 41 heavy (non-hydrogen) atoms. The molecule has 3 aromatic rings. The molecule has 0 radical (unpaired) electrons. The Hall–Kier alpha value is -5.03. The summed E-state index contributed by atoms with van der Waals surface area (Å²) in [6.07, 6.45) is 6.73. The molecule has 3 rings (SSSR count). The fourth-order valence-corrected chi connectivity index (χ4v) is 4.11. The van der Waals surface area contributed by atoms with Gasteiger partial charge in [0.05, 0.1) is 0 Å². The van der Waals surface area contributed by atoms with Gasteiger partial charge < -0.3 is 20.5 Å². The normalized spacial score (nSPS) is 12.2. The summed E-state index contributed by atoms with van der Waals surface area (Å²) in [5.74, 6) is -1.13. The first-order valence-electron chi connectivity index (χ1n) is 13.1. The van der Waals surface area contributed by atoms with Gasteiger partial charge in [0.15, 0.2) is 0 Å². The molecule has 0 bridgehead atoms. The van der Waals surface area contributed by atoms with Crippen molar-refractivity contribution in [2.24, 2.45) is 0 Å². The minimum atomic E-state index is -1.21. The number of alkyl carbamates (subject to hydrolysis) is 1. The van der Waals surface area contributed by atoms with E-state index in [1.165, 1.54) is 12.1 Å². The molecule has 3 N–H and O–H groups in total. The zero-order valence-corrected chi connectivity index (χ0v) is 23.5. The third kappa shape index (κ3) is 9.01. The van der Waals surface area contributed by atoms with Crippen molar-refractivity contribution in [1.29, 1.82) is 0 Å². The van der Waals surface area contributed by atoms with E-state index in [-0.39, 0.29) is 18.7 Å². The molecule has 0 heterocycles. The van der Waals surface area contributed by atoms with Gasteiger partial charge in [-0.3, -0.25) is 14.5 Å². The Morgan fingerprint density at radius 2 is 1.71 bits per heavy atom. The van der Waals surface area contributed by atoms with Crippen LogP contribution in [0.15, 0.2) is 85.4 Å². The highest BCUT2D eigenvalue weighted by Gasteiger charge is 2.36. The number of phenolic OH excluding ortho intramolecular Hbond substituents is 1. The number of nitrogens with zero attached hydrogens (tertiary/aromatic N) is 1. The number of benzene rings is 3. The number of nitrogens with one attached hydrogen (secondary N) is 2. The third-order valence-corrected chi connectivity index (χ3v) is 6.02. The van der Waals surface area contributed by atoms with Crippen LogP contribution in [0, 0.1) is 12.5 Å². The van der Waals surface area contributed by atoms with Crippen molar-refractivity contribution in [1.82, 2.24) is 15.5 Å². The predicted octanol–water partition coefficient (Wildman–Crippen LogP) is 4.95. The molecule has 212 valence electrons. The highest BCUT2D eigenvalue weighted by atomic mass is 16.6. The summed E-state index contributed by atoms with van der Waals surface area (Å²) in [5.41, 5.74) is 1.91. The summed E-state index contributed by atoms with van der Waals surface area (Å²) in [6.45, 7) is 9.13. The lowest BCUT2D eigenvalue weighted by molar-refractivity contribution is -0.138. The number of carbonyl (C=O) groups is 3. The number of carbonyl (C=O) groups excluding carboxylic acids is 3. The van der Waals surface area contributed by atoms with Crippen LogP contribution in [0.3, 0.4) is 0 Å². The summed E-state index contributed by atoms with van der Waals surface area (Å²) in [6, 6.07) is 22.5. The summed E-state index contributed by atoms with van der Waals surface area (Å²) in [4.78, 5) is 41.5. The first-order valence-corrected chi connectivity index (χ1v) is 13.1. The predicted molar refractivity (Wildman–Crippen MR) is 158 cm³/mol. The first-order chi connectivity index (χ1) is 19.5. The topological polar surface area (TPSA) is 108 Å². The second-order valence-electron chi connectivity index (χ2n) is 10.4. The van der Waals surface area contributed by atoms with Crippen LogP contribution in [0.5, 0.6) is 5.75 Å². The van der Waals surface area contributed by atoms with Gasteiger partial charge in [0.1, 0.15) is 23.4 Å². The van der Waals surface area contributed by atoms with Gasteiger partial charge in [0.25, 0.3) is 5.91 Å². The largest absolute Gasteiger partial charge is 0.508 e. The summed E-state index contributed by atoms with van der Waals surface area (Å²) >= 11 is 0. The van der Waals surface area contributed by atoms with Crippen molar-refractivity contribution < 1.29 is 24.2 Å². The third-order valence-electron chi connectivity index (χ3n) is 6.02. The van der Waals surface area contributed by atoms with E-state index < -0.39 is 35.6 Å². The Labute approximate surface area is 241 Å². The number of aromatic hydroxyl groups is 1. The molecule has 0 aliphatic rings. The van der Waals surface area contributed by atoms with Gasteiger partial charge in [0, 0.05) is 19.0 Å². The maximum absolute atomic E-state index is 14.1. The molecule has 3 aromatic carbocycles. The number of hydrogen-bond acceptors (Lipinski definition) is 5. The SMILES string of the molecule is C#CN(C(=O)C(Cc1ccc(O)cc1)NC(=O)OC(C)(C)C)C(C(=O)NCc1ccccc1)c1cccc(C=C)c1. The van der Waals surface area contributed by atoms with Crippen molar-refractivity contribution in [3.05, 3.63) is 108 Å². The van der Waals surface area contributed by atoms with E-state index in [9.17, 15) is 19.5 Å². The van der Waals surface area contributed by atoms with E-state index in [0.29, 0.717) is 11.1 Å². The Morgan fingerprint density at radius 3 is 2.32 bits per heavy atom. The molecule has 2 atom stereocenters. The van der Waals surface area contributed by atoms with E-state index in [4.69, 9.17) is 11.2 Å². The van der Waals surface area contributed by atoms with Gasteiger partial charge in [-0.25, -0.2) is 4.79 Å². The zero-order valence-electron chi connectivity index (χ0n) is 23.5. The molecule has 2 unspecified atom stereocenters. The molecular formula is C33H35N3O5. The van der Waals surface area contributed by atoms with E-state index in [1.54, 1.807) is 57.2 Å². The van der Waals surface area contributed by atoms with E-state index >= 15 is 0 Å². The molecule has 0 fully saturated rings. The number of phenols is 1. The summed E-state index contributed by atoms with van der Waals surface area (Å²) in [5, 5.41) is 15.2. The minimum absolute atomic E-state index is 0.0294. The number of amides is 3. The maximum Gasteiger partial charge on any atom is 0.408 e. The maximum atomic E-state index is 14.1. The molecule has 0 saturated carbocycles. The van der Waals surface area contributed by atoms with Crippen LogP contribution in [0.1, 0.15) is 49.1 Å².